The van der Waals surface area contributed by atoms with E-state index in [0.29, 0.717) is 23.3 Å². The van der Waals surface area contributed by atoms with Crippen LogP contribution in [-0.2, 0) is 0 Å². The second-order valence-corrected chi connectivity index (χ2v) is 5.11. The van der Waals surface area contributed by atoms with Crippen molar-refractivity contribution in [2.45, 2.75) is 39.2 Å². The van der Waals surface area contributed by atoms with Crippen molar-refractivity contribution in [1.29, 1.82) is 0 Å². The van der Waals surface area contributed by atoms with Crippen molar-refractivity contribution in [2.24, 2.45) is 5.92 Å². The molecule has 0 saturated heterocycles. The topological polar surface area (TPSA) is 62.2 Å². The van der Waals surface area contributed by atoms with Crippen LogP contribution in [0.25, 0.3) is 0 Å². The summed E-state index contributed by atoms with van der Waals surface area (Å²) in [5.74, 6) is 1.10. The van der Waals surface area contributed by atoms with Crippen LogP contribution in [0.4, 0.5) is 5.82 Å². The SMILES string of the molecule is CC(=O)c1ccc(C)nc1N[C@@H]1CC[C@@H](CO)C1. The van der Waals surface area contributed by atoms with Crippen LogP contribution in [0.15, 0.2) is 12.1 Å². The number of aromatic nitrogens is 1. The van der Waals surface area contributed by atoms with E-state index >= 15 is 0 Å². The number of nitrogens with zero attached hydrogens (tertiary/aromatic N) is 1. The Morgan fingerprint density at radius 3 is 2.89 bits per heavy atom. The van der Waals surface area contributed by atoms with Gasteiger partial charge in [0.1, 0.15) is 5.82 Å². The van der Waals surface area contributed by atoms with Crippen molar-refractivity contribution in [2.75, 3.05) is 11.9 Å². The molecule has 18 heavy (non-hydrogen) atoms. The maximum absolute atomic E-state index is 11.6. The molecule has 4 nitrogen and oxygen atoms in total. The number of hydrogen-bond acceptors (Lipinski definition) is 4. The molecule has 0 aliphatic heterocycles. The molecule has 1 aliphatic carbocycles. The fraction of sp³-hybridized carbons (Fsp3) is 0.571. The number of ketones is 1. The highest BCUT2D eigenvalue weighted by atomic mass is 16.3. The Hall–Kier alpha value is -1.42. The van der Waals surface area contributed by atoms with Gasteiger partial charge in [-0.05, 0) is 51.2 Å². The van der Waals surface area contributed by atoms with Crippen molar-refractivity contribution in [3.8, 4) is 0 Å². The first-order valence-electron chi connectivity index (χ1n) is 6.46. The predicted octanol–water partition coefficient (Wildman–Crippen LogP) is 2.17. The molecule has 1 heterocycles. The molecule has 0 amide bonds. The predicted molar refractivity (Wildman–Crippen MR) is 70.8 cm³/mol. The summed E-state index contributed by atoms with van der Waals surface area (Å²) in [5, 5.41) is 12.5. The molecule has 0 aromatic carbocycles. The van der Waals surface area contributed by atoms with Gasteiger partial charge in [0.05, 0.1) is 5.56 Å². The number of Topliss-reactive ketones (excluding diaryl/α,β-unsaturated/α-hetero) is 1. The largest absolute Gasteiger partial charge is 0.396 e. The minimum Gasteiger partial charge on any atom is -0.396 e. The van der Waals surface area contributed by atoms with E-state index in [1.165, 1.54) is 0 Å². The van der Waals surface area contributed by atoms with E-state index in [1.807, 2.05) is 19.1 Å². The van der Waals surface area contributed by atoms with Gasteiger partial charge in [-0.15, -0.1) is 0 Å². The highest BCUT2D eigenvalue weighted by Gasteiger charge is 2.25. The van der Waals surface area contributed by atoms with E-state index in [1.54, 1.807) is 6.92 Å². The summed E-state index contributed by atoms with van der Waals surface area (Å²) in [4.78, 5) is 16.0. The van der Waals surface area contributed by atoms with Crippen molar-refractivity contribution in [3.63, 3.8) is 0 Å². The second kappa shape index (κ2) is 5.48. The lowest BCUT2D eigenvalue weighted by Gasteiger charge is -2.16. The Kier molecular flexibility index (Phi) is 3.97. The van der Waals surface area contributed by atoms with Crippen LogP contribution in [0, 0.1) is 12.8 Å². The number of aliphatic hydroxyl groups excluding tert-OH is 1. The molecule has 0 spiro atoms. The van der Waals surface area contributed by atoms with Crippen LogP contribution in [-0.4, -0.2) is 28.5 Å². The smallest absolute Gasteiger partial charge is 0.163 e. The maximum Gasteiger partial charge on any atom is 0.163 e. The fourth-order valence-electron chi connectivity index (χ4n) is 2.52. The van der Waals surface area contributed by atoms with Gasteiger partial charge in [0.25, 0.3) is 0 Å². The van der Waals surface area contributed by atoms with Gasteiger partial charge in [-0.1, -0.05) is 0 Å². The summed E-state index contributed by atoms with van der Waals surface area (Å²) in [5.41, 5.74) is 1.55. The second-order valence-electron chi connectivity index (χ2n) is 5.11. The highest BCUT2D eigenvalue weighted by Crippen LogP contribution is 2.28. The molecule has 4 heteroatoms. The van der Waals surface area contributed by atoms with Gasteiger partial charge in [-0.25, -0.2) is 4.98 Å². The quantitative estimate of drug-likeness (QED) is 0.802. The standard InChI is InChI=1S/C14H20N2O2/c1-9-3-6-13(10(2)18)14(15-9)16-12-5-4-11(7-12)8-17/h3,6,11-12,17H,4-5,7-8H2,1-2H3,(H,15,16)/t11-,12-/m1/s1. The number of aryl methyl sites for hydroxylation is 1. The van der Waals surface area contributed by atoms with E-state index in [2.05, 4.69) is 10.3 Å². The summed E-state index contributed by atoms with van der Waals surface area (Å²) >= 11 is 0. The first-order chi connectivity index (χ1) is 8.60. The van der Waals surface area contributed by atoms with Gasteiger partial charge in [0.15, 0.2) is 5.78 Å². The van der Waals surface area contributed by atoms with Crippen LogP contribution >= 0.6 is 0 Å². The zero-order valence-corrected chi connectivity index (χ0v) is 10.9. The van der Waals surface area contributed by atoms with E-state index in [4.69, 9.17) is 5.11 Å². The lowest BCUT2D eigenvalue weighted by molar-refractivity contribution is 0.101. The van der Waals surface area contributed by atoms with E-state index in [9.17, 15) is 4.79 Å². The molecule has 1 aromatic heterocycles. The fourth-order valence-corrected chi connectivity index (χ4v) is 2.52. The number of pyridine rings is 1. The van der Waals surface area contributed by atoms with E-state index in [0.717, 1.165) is 25.0 Å². The molecule has 1 aliphatic rings. The molecule has 0 unspecified atom stereocenters. The van der Waals surface area contributed by atoms with Gasteiger partial charge in [-0.3, -0.25) is 4.79 Å². The molecule has 2 N–H and O–H groups in total. The number of aliphatic hydroxyl groups is 1. The van der Waals surface area contributed by atoms with Crippen LogP contribution in [0.3, 0.4) is 0 Å². The van der Waals surface area contributed by atoms with Crippen molar-refractivity contribution < 1.29 is 9.90 Å². The summed E-state index contributed by atoms with van der Waals surface area (Å²) in [7, 11) is 0. The number of anilines is 1. The van der Waals surface area contributed by atoms with Crippen LogP contribution in [0.2, 0.25) is 0 Å². The molecule has 1 saturated carbocycles. The highest BCUT2D eigenvalue weighted by molar-refractivity contribution is 5.98. The number of rotatable bonds is 4. The monoisotopic (exact) mass is 248 g/mol. The average molecular weight is 248 g/mol. The Balaban J connectivity index is 2.13. The third-order valence-electron chi connectivity index (χ3n) is 3.55. The number of carbonyl (C=O) groups excluding carboxylic acids is 1. The van der Waals surface area contributed by atoms with Crippen LogP contribution in [0.5, 0.6) is 0 Å². The lowest BCUT2D eigenvalue weighted by Crippen LogP contribution is -2.19. The molecule has 1 fully saturated rings. The zero-order valence-electron chi connectivity index (χ0n) is 10.9. The van der Waals surface area contributed by atoms with Gasteiger partial charge >= 0.3 is 0 Å². The third kappa shape index (κ3) is 2.88. The zero-order chi connectivity index (χ0) is 13.1. The van der Waals surface area contributed by atoms with Crippen LogP contribution < -0.4 is 5.32 Å². The maximum atomic E-state index is 11.6. The first kappa shape index (κ1) is 13.0. The van der Waals surface area contributed by atoms with Gasteiger partial charge in [0.2, 0.25) is 0 Å². The number of carbonyl (C=O) groups is 1. The third-order valence-corrected chi connectivity index (χ3v) is 3.55. The molecule has 0 radical (unpaired) electrons. The van der Waals surface area contributed by atoms with Crippen molar-refractivity contribution in [3.05, 3.63) is 23.4 Å². The molecular weight excluding hydrogens is 228 g/mol. The molecular formula is C14H20N2O2. The van der Waals surface area contributed by atoms with Gasteiger partial charge in [-0.2, -0.15) is 0 Å². The summed E-state index contributed by atoms with van der Waals surface area (Å²) < 4.78 is 0. The molecule has 2 atom stereocenters. The minimum atomic E-state index is 0.0294. The Morgan fingerprint density at radius 1 is 1.50 bits per heavy atom. The average Bonchev–Trinajstić information content (AvgIpc) is 2.76. The Bertz CT molecular complexity index is 445. The first-order valence-corrected chi connectivity index (χ1v) is 6.46. The van der Waals surface area contributed by atoms with Crippen molar-refractivity contribution >= 4 is 11.6 Å². The molecule has 2 rings (SSSR count). The Morgan fingerprint density at radius 2 is 2.28 bits per heavy atom. The number of hydrogen-bond donors (Lipinski definition) is 2. The molecule has 0 bridgehead atoms. The minimum absolute atomic E-state index is 0.0294. The normalized spacial score (nSPS) is 23.1. The van der Waals surface area contributed by atoms with E-state index in [-0.39, 0.29) is 12.4 Å². The Labute approximate surface area is 107 Å². The molecule has 1 aromatic rings. The summed E-state index contributed by atoms with van der Waals surface area (Å²) in [6.07, 6.45) is 3.01. The lowest BCUT2D eigenvalue weighted by atomic mass is 10.1. The van der Waals surface area contributed by atoms with Crippen LogP contribution in [0.1, 0.15) is 42.2 Å². The molecule has 98 valence electrons. The summed E-state index contributed by atoms with van der Waals surface area (Å²) in [6.45, 7) is 3.72. The van der Waals surface area contributed by atoms with Gasteiger partial charge < -0.3 is 10.4 Å². The van der Waals surface area contributed by atoms with E-state index < -0.39 is 0 Å². The number of nitrogens with one attached hydrogen (secondary N) is 1. The van der Waals surface area contributed by atoms with Gasteiger partial charge in [0, 0.05) is 18.3 Å². The van der Waals surface area contributed by atoms with Crippen molar-refractivity contribution in [1.82, 2.24) is 4.98 Å². The summed E-state index contributed by atoms with van der Waals surface area (Å²) in [6, 6.07) is 3.99.